The van der Waals surface area contributed by atoms with Crippen molar-refractivity contribution in [3.8, 4) is 6.07 Å². The minimum Gasteiger partial charge on any atom is -0.341 e. The first-order valence-corrected chi connectivity index (χ1v) is 10.1. The topological polar surface area (TPSA) is 116 Å². The van der Waals surface area contributed by atoms with Gasteiger partial charge in [0.15, 0.2) is 0 Å². The minimum atomic E-state index is -0.729. The number of benzene rings is 1. The molecule has 0 fully saturated rings. The van der Waals surface area contributed by atoms with E-state index in [2.05, 4.69) is 16.0 Å². The summed E-state index contributed by atoms with van der Waals surface area (Å²) in [6, 6.07) is 7.71. The van der Waals surface area contributed by atoms with Crippen LogP contribution < -0.4 is 16.0 Å². The van der Waals surface area contributed by atoms with Crippen LogP contribution in [0.4, 0.5) is 4.79 Å². The molecule has 1 aromatic heterocycles. The molecule has 2 rings (SSSR count). The van der Waals surface area contributed by atoms with Gasteiger partial charge in [-0.15, -0.1) is 0 Å². The van der Waals surface area contributed by atoms with Gasteiger partial charge in [-0.3, -0.25) is 14.2 Å². The van der Waals surface area contributed by atoms with E-state index in [-0.39, 0.29) is 30.3 Å². The van der Waals surface area contributed by atoms with Crippen molar-refractivity contribution in [3.63, 3.8) is 0 Å². The minimum absolute atomic E-state index is 0.109. The predicted molar refractivity (Wildman–Crippen MR) is 115 cm³/mol. The predicted octanol–water partition coefficient (Wildman–Crippen LogP) is 2.64. The van der Waals surface area contributed by atoms with Crippen molar-refractivity contribution in [2.24, 2.45) is 11.8 Å². The second-order valence-electron chi connectivity index (χ2n) is 8.07. The normalized spacial score (nSPS) is 11.9. The molecular formula is C22H29N5O3. The van der Waals surface area contributed by atoms with Crippen molar-refractivity contribution >= 4 is 28.7 Å². The molecule has 2 aromatic rings. The third-order valence-corrected chi connectivity index (χ3v) is 4.50. The zero-order chi connectivity index (χ0) is 22.3. The van der Waals surface area contributed by atoms with Gasteiger partial charge in [-0.25, -0.2) is 4.79 Å². The maximum atomic E-state index is 12.7. The van der Waals surface area contributed by atoms with Gasteiger partial charge in [0.1, 0.15) is 12.6 Å². The Kier molecular flexibility index (Phi) is 7.98. The number of carbonyl (C=O) groups is 3. The first kappa shape index (κ1) is 22.9. The van der Waals surface area contributed by atoms with E-state index in [1.165, 1.54) is 4.57 Å². The van der Waals surface area contributed by atoms with Crippen LogP contribution in [0.5, 0.6) is 0 Å². The quantitative estimate of drug-likeness (QED) is 0.579. The third kappa shape index (κ3) is 6.08. The molecule has 30 heavy (non-hydrogen) atoms. The summed E-state index contributed by atoms with van der Waals surface area (Å²) in [5.74, 6) is -0.237. The van der Waals surface area contributed by atoms with Gasteiger partial charge in [0.25, 0.3) is 5.91 Å². The summed E-state index contributed by atoms with van der Waals surface area (Å²) in [6.45, 7) is 8.41. The van der Waals surface area contributed by atoms with Crippen LogP contribution >= 0.6 is 0 Å². The van der Waals surface area contributed by atoms with Crippen LogP contribution in [-0.2, 0) is 4.79 Å². The number of hydrogen-bond donors (Lipinski definition) is 3. The first-order valence-electron chi connectivity index (χ1n) is 10.1. The molecule has 0 aliphatic rings. The molecule has 0 saturated carbocycles. The van der Waals surface area contributed by atoms with Gasteiger partial charge >= 0.3 is 6.03 Å². The van der Waals surface area contributed by atoms with Gasteiger partial charge in [0.2, 0.25) is 5.91 Å². The Hall–Kier alpha value is -3.34. The number of nitrogens with one attached hydrogen (secondary N) is 3. The Morgan fingerprint density at radius 2 is 1.80 bits per heavy atom. The Labute approximate surface area is 176 Å². The third-order valence-electron chi connectivity index (χ3n) is 4.50. The summed E-state index contributed by atoms with van der Waals surface area (Å²) in [5, 5.41) is 17.5. The zero-order valence-electron chi connectivity index (χ0n) is 17.9. The Balaban J connectivity index is 2.17. The standard InChI is InChI=1S/C22H29N5O3/c1-14(2)11-18(21(29)24-9-8-23)26-20(28)17-5-6-19-16(12-17)7-10-27(19)22(30)25-13-15(3)4/h5-7,10,12,14-15,18H,9,11,13H2,1-4H3,(H,24,29)(H,25,30)(H,26,28). The molecule has 0 saturated heterocycles. The molecule has 1 unspecified atom stereocenters. The van der Waals surface area contributed by atoms with E-state index >= 15 is 0 Å². The average Bonchev–Trinajstić information content (AvgIpc) is 3.12. The maximum absolute atomic E-state index is 12.7. The van der Waals surface area contributed by atoms with Crippen molar-refractivity contribution in [3.05, 3.63) is 36.0 Å². The molecule has 0 spiro atoms. The molecule has 0 aliphatic carbocycles. The fourth-order valence-electron chi connectivity index (χ4n) is 3.03. The van der Waals surface area contributed by atoms with Crippen molar-refractivity contribution in [2.75, 3.05) is 13.1 Å². The fraction of sp³-hybridized carbons (Fsp3) is 0.455. The van der Waals surface area contributed by atoms with Crippen molar-refractivity contribution < 1.29 is 14.4 Å². The summed E-state index contributed by atoms with van der Waals surface area (Å²) in [7, 11) is 0. The summed E-state index contributed by atoms with van der Waals surface area (Å²) >= 11 is 0. The monoisotopic (exact) mass is 411 g/mol. The lowest BCUT2D eigenvalue weighted by molar-refractivity contribution is -0.123. The molecule has 1 heterocycles. The lowest BCUT2D eigenvalue weighted by Gasteiger charge is -2.19. The Morgan fingerprint density at radius 1 is 1.07 bits per heavy atom. The number of amides is 3. The van der Waals surface area contributed by atoms with Crippen LogP contribution in [0.15, 0.2) is 30.5 Å². The maximum Gasteiger partial charge on any atom is 0.326 e. The van der Waals surface area contributed by atoms with Crippen LogP contribution in [0.1, 0.15) is 44.5 Å². The van der Waals surface area contributed by atoms with E-state index < -0.39 is 6.04 Å². The molecular weight excluding hydrogens is 382 g/mol. The summed E-state index contributed by atoms with van der Waals surface area (Å²) in [4.78, 5) is 37.4. The van der Waals surface area contributed by atoms with Crippen LogP contribution in [0, 0.1) is 23.2 Å². The highest BCUT2D eigenvalue weighted by Crippen LogP contribution is 2.18. The lowest BCUT2D eigenvalue weighted by atomic mass is 10.0. The molecule has 0 bridgehead atoms. The van der Waals surface area contributed by atoms with Crippen LogP contribution in [0.25, 0.3) is 10.9 Å². The van der Waals surface area contributed by atoms with E-state index in [1.54, 1.807) is 30.5 Å². The van der Waals surface area contributed by atoms with E-state index in [4.69, 9.17) is 5.26 Å². The average molecular weight is 412 g/mol. The molecule has 0 aliphatic heterocycles. The highest BCUT2D eigenvalue weighted by molar-refractivity contribution is 6.01. The number of rotatable bonds is 8. The van der Waals surface area contributed by atoms with E-state index in [0.717, 1.165) is 5.39 Å². The largest absolute Gasteiger partial charge is 0.341 e. The smallest absolute Gasteiger partial charge is 0.326 e. The van der Waals surface area contributed by atoms with Crippen molar-refractivity contribution in [1.82, 2.24) is 20.5 Å². The molecule has 160 valence electrons. The van der Waals surface area contributed by atoms with Gasteiger partial charge in [-0.2, -0.15) is 5.26 Å². The van der Waals surface area contributed by atoms with Gasteiger partial charge in [0.05, 0.1) is 11.6 Å². The van der Waals surface area contributed by atoms with E-state index in [9.17, 15) is 14.4 Å². The lowest BCUT2D eigenvalue weighted by Crippen LogP contribution is -2.47. The number of fused-ring (bicyclic) bond motifs is 1. The van der Waals surface area contributed by atoms with Gasteiger partial charge in [-0.05, 0) is 42.5 Å². The number of aromatic nitrogens is 1. The van der Waals surface area contributed by atoms with E-state index in [0.29, 0.717) is 30.0 Å². The molecule has 8 nitrogen and oxygen atoms in total. The van der Waals surface area contributed by atoms with E-state index in [1.807, 2.05) is 33.8 Å². The number of carbonyl (C=O) groups excluding carboxylic acids is 3. The van der Waals surface area contributed by atoms with Crippen LogP contribution in [0.3, 0.4) is 0 Å². The van der Waals surface area contributed by atoms with Crippen LogP contribution in [0.2, 0.25) is 0 Å². The molecule has 8 heteroatoms. The zero-order valence-corrected chi connectivity index (χ0v) is 17.9. The highest BCUT2D eigenvalue weighted by atomic mass is 16.2. The summed E-state index contributed by atoms with van der Waals surface area (Å²) < 4.78 is 1.51. The summed E-state index contributed by atoms with van der Waals surface area (Å²) in [6.07, 6.45) is 2.12. The molecule has 1 atom stereocenters. The van der Waals surface area contributed by atoms with Crippen LogP contribution in [-0.4, -0.2) is 41.5 Å². The molecule has 3 N–H and O–H groups in total. The SMILES string of the molecule is CC(C)CNC(=O)n1ccc2cc(C(=O)NC(CC(C)C)C(=O)NCC#N)ccc21. The first-order chi connectivity index (χ1) is 14.2. The fourth-order valence-corrected chi connectivity index (χ4v) is 3.03. The van der Waals surface area contributed by atoms with Gasteiger partial charge in [0, 0.05) is 23.7 Å². The summed E-state index contributed by atoms with van der Waals surface area (Å²) in [5.41, 5.74) is 1.09. The van der Waals surface area contributed by atoms with Gasteiger partial charge in [-0.1, -0.05) is 27.7 Å². The second kappa shape index (κ2) is 10.4. The number of hydrogen-bond acceptors (Lipinski definition) is 4. The molecule has 3 amide bonds. The highest BCUT2D eigenvalue weighted by Gasteiger charge is 2.22. The number of nitriles is 1. The van der Waals surface area contributed by atoms with Gasteiger partial charge < -0.3 is 16.0 Å². The Morgan fingerprint density at radius 3 is 2.43 bits per heavy atom. The van der Waals surface area contributed by atoms with Crippen molar-refractivity contribution in [2.45, 2.75) is 40.2 Å². The second-order valence-corrected chi connectivity index (χ2v) is 8.07. The molecule has 1 aromatic carbocycles. The van der Waals surface area contributed by atoms with Crippen molar-refractivity contribution in [1.29, 1.82) is 5.26 Å². The Bertz CT molecular complexity index is 955. The number of nitrogens with zero attached hydrogens (tertiary/aromatic N) is 2. The molecule has 0 radical (unpaired) electrons.